The van der Waals surface area contributed by atoms with Gasteiger partial charge in [0.2, 0.25) is 0 Å². The summed E-state index contributed by atoms with van der Waals surface area (Å²) in [6, 6.07) is 0. The molecule has 2 unspecified atom stereocenters. The summed E-state index contributed by atoms with van der Waals surface area (Å²) < 4.78 is 0. The fourth-order valence-electron chi connectivity index (χ4n) is 10.8. The van der Waals surface area contributed by atoms with E-state index < -0.39 is 22.7 Å². The van der Waals surface area contributed by atoms with E-state index in [-0.39, 0.29) is 51.1 Å². The standard InChI is InChI=1S/C31H46O4/c1-26(2)12-13-28(5)14-15-31(18-32)24(20(28)17-26)19(25(34)35)16-22-29(6)10-9-23(33)27(3,4)21(29)8-11-30(22,31)7/h9-10,18-22,24H,8,11-17H2,1-7H3,(H,34,35)/t19?,20-,21?,22-,24-,28-,29+,30-,31+/m1/s1. The number of allylic oxidation sites excluding steroid dienone is 2. The second kappa shape index (κ2) is 7.32. The van der Waals surface area contributed by atoms with Crippen LogP contribution in [0.3, 0.4) is 0 Å². The van der Waals surface area contributed by atoms with Crippen LogP contribution in [0.25, 0.3) is 0 Å². The van der Waals surface area contributed by atoms with Crippen molar-refractivity contribution >= 4 is 18.0 Å². The van der Waals surface area contributed by atoms with Crippen molar-refractivity contribution in [2.75, 3.05) is 0 Å². The number of carbonyl (C=O) groups excluding carboxylic acids is 2. The molecule has 1 N–H and O–H groups in total. The molecule has 5 aliphatic rings. The molecule has 0 amide bonds. The summed E-state index contributed by atoms with van der Waals surface area (Å²) in [5, 5.41) is 10.7. The van der Waals surface area contributed by atoms with Crippen LogP contribution >= 0.6 is 0 Å². The van der Waals surface area contributed by atoms with Crippen LogP contribution in [-0.2, 0) is 14.4 Å². The van der Waals surface area contributed by atoms with E-state index in [1.807, 2.05) is 0 Å². The van der Waals surface area contributed by atoms with Gasteiger partial charge in [-0.25, -0.2) is 0 Å². The van der Waals surface area contributed by atoms with Crippen LogP contribution in [0.5, 0.6) is 0 Å². The highest BCUT2D eigenvalue weighted by Crippen LogP contribution is 2.76. The third kappa shape index (κ3) is 3.07. The predicted molar refractivity (Wildman–Crippen MR) is 137 cm³/mol. The van der Waals surface area contributed by atoms with E-state index in [0.29, 0.717) is 6.42 Å². The molecule has 0 radical (unpaired) electrons. The molecule has 0 aromatic carbocycles. The largest absolute Gasteiger partial charge is 0.481 e. The molecule has 194 valence electrons. The third-order valence-electron chi connectivity index (χ3n) is 13.0. The van der Waals surface area contributed by atoms with Gasteiger partial charge in [0.05, 0.1) is 5.92 Å². The van der Waals surface area contributed by atoms with Crippen molar-refractivity contribution in [3.63, 3.8) is 0 Å². The Morgan fingerprint density at radius 1 is 0.971 bits per heavy atom. The van der Waals surface area contributed by atoms with Crippen LogP contribution in [0.2, 0.25) is 0 Å². The molecule has 35 heavy (non-hydrogen) atoms. The molecule has 0 bridgehead atoms. The fraction of sp³-hybridized carbons (Fsp3) is 0.839. The number of hydrogen-bond acceptors (Lipinski definition) is 3. The van der Waals surface area contributed by atoms with Crippen LogP contribution in [0.1, 0.15) is 99.8 Å². The molecule has 5 aliphatic carbocycles. The van der Waals surface area contributed by atoms with Gasteiger partial charge in [0.25, 0.3) is 0 Å². The fourth-order valence-corrected chi connectivity index (χ4v) is 10.8. The third-order valence-corrected chi connectivity index (χ3v) is 13.0. The van der Waals surface area contributed by atoms with E-state index in [0.717, 1.165) is 38.5 Å². The summed E-state index contributed by atoms with van der Waals surface area (Å²) in [5.74, 6) is -0.675. The average molecular weight is 483 g/mol. The SMILES string of the molecule is CC1(C)CC[C@]2(C)CC[C@]3(C=O)[C@H](C(C(=O)O)C[C@@H]4[C@@]5(C)C=CC(=O)C(C)(C)C5CC[C@]43C)[C@H]2C1. The number of fused-ring (bicyclic) bond motifs is 7. The molecule has 0 aromatic heterocycles. The number of carboxylic acid groups (broad SMARTS) is 1. The molecule has 4 heteroatoms. The molecule has 4 fully saturated rings. The summed E-state index contributed by atoms with van der Waals surface area (Å²) in [6.45, 7) is 15.7. The van der Waals surface area contributed by atoms with Gasteiger partial charge in [-0.05, 0) is 103 Å². The van der Waals surface area contributed by atoms with Crippen LogP contribution in [-0.4, -0.2) is 23.1 Å². The number of rotatable bonds is 2. The molecule has 0 spiro atoms. The summed E-state index contributed by atoms with van der Waals surface area (Å²) in [4.78, 5) is 39.4. The van der Waals surface area contributed by atoms with E-state index in [2.05, 4.69) is 54.5 Å². The smallest absolute Gasteiger partial charge is 0.306 e. The first-order valence-corrected chi connectivity index (χ1v) is 14.0. The van der Waals surface area contributed by atoms with Gasteiger partial charge in [-0.3, -0.25) is 9.59 Å². The van der Waals surface area contributed by atoms with Gasteiger partial charge in [0.1, 0.15) is 6.29 Å². The zero-order chi connectivity index (χ0) is 25.8. The first-order chi connectivity index (χ1) is 16.1. The number of aliphatic carboxylic acids is 1. The van der Waals surface area contributed by atoms with E-state index >= 15 is 0 Å². The lowest BCUT2D eigenvalue weighted by Gasteiger charge is -2.72. The lowest BCUT2D eigenvalue weighted by Crippen LogP contribution is -2.70. The maximum absolute atomic E-state index is 13.5. The van der Waals surface area contributed by atoms with Crippen molar-refractivity contribution < 1.29 is 19.5 Å². The minimum Gasteiger partial charge on any atom is -0.481 e. The van der Waals surface area contributed by atoms with Crippen LogP contribution in [0.15, 0.2) is 12.2 Å². The Labute approximate surface area is 211 Å². The van der Waals surface area contributed by atoms with Crippen molar-refractivity contribution in [2.45, 2.75) is 99.8 Å². The Kier molecular flexibility index (Phi) is 5.27. The number of hydrogen-bond donors (Lipinski definition) is 1. The van der Waals surface area contributed by atoms with Crippen molar-refractivity contribution in [3.05, 3.63) is 12.2 Å². The number of aldehydes is 1. The van der Waals surface area contributed by atoms with Gasteiger partial charge in [0.15, 0.2) is 5.78 Å². The maximum atomic E-state index is 13.5. The maximum Gasteiger partial charge on any atom is 0.306 e. The number of carboxylic acids is 1. The molecular weight excluding hydrogens is 436 g/mol. The predicted octanol–water partition coefficient (Wildman–Crippen LogP) is 6.72. The first kappa shape index (κ1) is 25.2. The minimum atomic E-state index is -0.725. The molecule has 9 atom stereocenters. The Morgan fingerprint density at radius 2 is 1.63 bits per heavy atom. The van der Waals surface area contributed by atoms with Gasteiger partial charge in [-0.15, -0.1) is 0 Å². The highest BCUT2D eigenvalue weighted by molar-refractivity contribution is 5.95. The lowest BCUT2D eigenvalue weighted by molar-refractivity contribution is -0.240. The van der Waals surface area contributed by atoms with E-state index in [4.69, 9.17) is 0 Å². The van der Waals surface area contributed by atoms with E-state index in [1.165, 1.54) is 12.7 Å². The molecule has 0 aromatic rings. The highest BCUT2D eigenvalue weighted by atomic mass is 16.4. The summed E-state index contributed by atoms with van der Waals surface area (Å²) in [5.41, 5.74) is -1.34. The van der Waals surface area contributed by atoms with Crippen molar-refractivity contribution in [1.29, 1.82) is 0 Å². The van der Waals surface area contributed by atoms with E-state index in [9.17, 15) is 19.5 Å². The normalized spacial score (nSPS) is 51.9. The molecular formula is C31H46O4. The van der Waals surface area contributed by atoms with Gasteiger partial charge >= 0.3 is 5.97 Å². The Balaban J connectivity index is 1.69. The number of carbonyl (C=O) groups is 3. The summed E-state index contributed by atoms with van der Waals surface area (Å²) in [6.07, 6.45) is 12.7. The average Bonchev–Trinajstić information content (AvgIpc) is 2.76. The van der Waals surface area contributed by atoms with Crippen LogP contribution in [0.4, 0.5) is 0 Å². The van der Waals surface area contributed by atoms with Crippen LogP contribution in [0, 0.1) is 62.1 Å². The second-order valence-electron chi connectivity index (χ2n) is 15.3. The number of ketones is 1. The Bertz CT molecular complexity index is 992. The van der Waals surface area contributed by atoms with Crippen molar-refractivity contribution in [3.8, 4) is 0 Å². The molecule has 4 saturated carbocycles. The summed E-state index contributed by atoms with van der Waals surface area (Å²) in [7, 11) is 0. The Morgan fingerprint density at radius 3 is 2.26 bits per heavy atom. The zero-order valence-electron chi connectivity index (χ0n) is 22.9. The molecule has 0 heterocycles. The van der Waals surface area contributed by atoms with Gasteiger partial charge in [-0.2, -0.15) is 0 Å². The van der Waals surface area contributed by atoms with E-state index in [1.54, 1.807) is 6.08 Å². The Hall–Kier alpha value is -1.45. The van der Waals surface area contributed by atoms with Crippen LogP contribution < -0.4 is 0 Å². The molecule has 4 nitrogen and oxygen atoms in total. The quantitative estimate of drug-likeness (QED) is 0.443. The topological polar surface area (TPSA) is 71.4 Å². The molecule has 0 aliphatic heterocycles. The van der Waals surface area contributed by atoms with Crippen molar-refractivity contribution in [2.24, 2.45) is 62.1 Å². The monoisotopic (exact) mass is 482 g/mol. The first-order valence-electron chi connectivity index (χ1n) is 14.0. The van der Waals surface area contributed by atoms with Crippen molar-refractivity contribution in [1.82, 2.24) is 0 Å². The van der Waals surface area contributed by atoms with Gasteiger partial charge < -0.3 is 9.90 Å². The summed E-state index contributed by atoms with van der Waals surface area (Å²) >= 11 is 0. The zero-order valence-corrected chi connectivity index (χ0v) is 22.9. The highest BCUT2D eigenvalue weighted by Gasteiger charge is 2.73. The lowest BCUT2D eigenvalue weighted by atomic mass is 9.30. The van der Waals surface area contributed by atoms with Gasteiger partial charge in [0, 0.05) is 10.8 Å². The van der Waals surface area contributed by atoms with Gasteiger partial charge in [-0.1, -0.05) is 54.5 Å². The molecule has 0 saturated heterocycles. The molecule has 5 rings (SSSR count). The second-order valence-corrected chi connectivity index (χ2v) is 15.3. The minimum absolute atomic E-state index is 0.0703.